The number of nitrogens with zero attached hydrogens (tertiary/aromatic N) is 1. The maximum absolute atomic E-state index is 8.25. The Morgan fingerprint density at radius 2 is 1.67 bits per heavy atom. The van der Waals surface area contributed by atoms with E-state index >= 15 is 0 Å². The molecule has 0 aliphatic rings. The minimum atomic E-state index is -1.75. The molecule has 0 saturated heterocycles. The van der Waals surface area contributed by atoms with Gasteiger partial charge in [-0.1, -0.05) is 6.92 Å². The van der Waals surface area contributed by atoms with Gasteiger partial charge in [-0.15, -0.1) is 0 Å². The smallest absolute Gasteiger partial charge is 0.0689 e. The standard InChI is InChI=1S/C3H8O.Ce.NO3/c1-2-3-4;;2-1(3)4/h4H,2-3H2,1H3;;/q;;-1. The molecule has 0 aromatic rings. The Labute approximate surface area is 86.6 Å². The zero-order valence-electron chi connectivity index (χ0n) is 5.03. The van der Waals surface area contributed by atoms with Crippen LogP contribution in [0.4, 0.5) is 0 Å². The predicted molar refractivity (Wildman–Crippen MR) is 27.7 cm³/mol. The fourth-order valence-electron chi connectivity index (χ4n) is 0. The summed E-state index contributed by atoms with van der Waals surface area (Å²) < 4.78 is 0. The van der Waals surface area contributed by atoms with E-state index in [0.717, 1.165) is 6.42 Å². The van der Waals surface area contributed by atoms with Crippen molar-refractivity contribution in [2.45, 2.75) is 13.3 Å². The normalized spacial score (nSPS) is 6.00. The van der Waals surface area contributed by atoms with E-state index in [2.05, 4.69) is 0 Å². The molecule has 5 nitrogen and oxygen atoms in total. The maximum atomic E-state index is 8.25. The van der Waals surface area contributed by atoms with E-state index in [-0.39, 0.29) is 41.7 Å². The summed E-state index contributed by atoms with van der Waals surface area (Å²) in [6, 6.07) is 0. The van der Waals surface area contributed by atoms with Crippen LogP contribution in [-0.2, 0) is 0 Å². The van der Waals surface area contributed by atoms with E-state index in [9.17, 15) is 0 Å². The zero-order valence-corrected chi connectivity index (χ0v) is 8.17. The molecular formula is C3H8CeNO4-. The molecule has 0 spiro atoms. The Balaban J connectivity index is -0.0000000720. The van der Waals surface area contributed by atoms with Gasteiger partial charge in [-0.2, -0.15) is 0 Å². The van der Waals surface area contributed by atoms with Crippen LogP contribution in [0.3, 0.4) is 0 Å². The van der Waals surface area contributed by atoms with Crippen molar-refractivity contribution in [1.29, 1.82) is 0 Å². The largest absolute Gasteiger partial charge is 0.396 e. The molecule has 9 heavy (non-hydrogen) atoms. The fourth-order valence-corrected chi connectivity index (χ4v) is 0. The Hall–Kier alpha value is 0.537. The summed E-state index contributed by atoms with van der Waals surface area (Å²) in [5, 5.41) is 22.6. The van der Waals surface area contributed by atoms with Crippen LogP contribution >= 0.6 is 0 Å². The van der Waals surface area contributed by atoms with Crippen LogP contribution in [0.25, 0.3) is 0 Å². The third kappa shape index (κ3) is 154. The van der Waals surface area contributed by atoms with Gasteiger partial charge in [-0.25, -0.2) is 0 Å². The molecule has 0 aromatic heterocycles. The van der Waals surface area contributed by atoms with Crippen molar-refractivity contribution in [3.8, 4) is 0 Å². The second-order valence-electron chi connectivity index (χ2n) is 0.947. The van der Waals surface area contributed by atoms with Crippen LogP contribution in [0, 0.1) is 57.1 Å². The molecule has 6 heteroatoms. The summed E-state index contributed by atoms with van der Waals surface area (Å²) in [6.07, 6.45) is 0.875. The van der Waals surface area contributed by atoms with Gasteiger partial charge >= 0.3 is 0 Å². The zero-order chi connectivity index (χ0) is 6.99. The Kier molecular flexibility index (Phi) is 28.6. The van der Waals surface area contributed by atoms with Gasteiger partial charge in [-0.05, 0) is 6.42 Å². The second kappa shape index (κ2) is 15.8. The molecule has 1 N–H and O–H groups in total. The van der Waals surface area contributed by atoms with Gasteiger partial charge in [0, 0.05) is 48.4 Å². The molecule has 0 atom stereocenters. The number of hydrogen-bond donors (Lipinski definition) is 1. The summed E-state index contributed by atoms with van der Waals surface area (Å²) in [6.45, 7) is 2.25. The molecule has 0 heterocycles. The van der Waals surface area contributed by atoms with E-state index in [0.29, 0.717) is 6.61 Å². The van der Waals surface area contributed by atoms with Gasteiger partial charge in [0.05, 0.1) is 5.09 Å². The number of rotatable bonds is 1. The Morgan fingerprint density at radius 1 is 1.56 bits per heavy atom. The Bertz CT molecular complexity index is 53.8. The molecule has 54 valence electrons. The molecule has 0 aliphatic heterocycles. The van der Waals surface area contributed by atoms with Crippen molar-refractivity contribution in [3.63, 3.8) is 0 Å². The van der Waals surface area contributed by atoms with Crippen molar-refractivity contribution in [2.75, 3.05) is 6.61 Å². The Morgan fingerprint density at radius 3 is 1.67 bits per heavy atom. The van der Waals surface area contributed by atoms with Gasteiger partial charge in [0.1, 0.15) is 0 Å². The average Bonchev–Trinajstić information content (AvgIpc) is 1.65. The summed E-state index contributed by atoms with van der Waals surface area (Å²) in [5.41, 5.74) is 0. The fraction of sp³-hybridized carbons (Fsp3) is 1.00. The molecule has 0 amide bonds. The number of aliphatic hydroxyl groups is 1. The third-order valence-electron chi connectivity index (χ3n) is 0.224. The van der Waals surface area contributed by atoms with Crippen LogP contribution in [0.1, 0.15) is 13.3 Å². The minimum absolute atomic E-state index is 0. The van der Waals surface area contributed by atoms with E-state index < -0.39 is 5.09 Å². The minimum Gasteiger partial charge on any atom is -0.396 e. The van der Waals surface area contributed by atoms with Gasteiger partial charge < -0.3 is 20.4 Å². The molecular weight excluding hydrogens is 254 g/mol. The van der Waals surface area contributed by atoms with Crippen molar-refractivity contribution in [1.82, 2.24) is 0 Å². The SMILES string of the molecule is CCCO.O=[N+]([O-])[O-].[Ce]. The van der Waals surface area contributed by atoms with Crippen LogP contribution in [0.2, 0.25) is 0 Å². The molecule has 0 aliphatic carbocycles. The van der Waals surface area contributed by atoms with Gasteiger partial charge in [0.25, 0.3) is 0 Å². The van der Waals surface area contributed by atoms with Gasteiger partial charge in [0.2, 0.25) is 0 Å². The van der Waals surface area contributed by atoms with Crippen molar-refractivity contribution in [2.24, 2.45) is 0 Å². The summed E-state index contributed by atoms with van der Waals surface area (Å²) >= 11 is 0. The molecule has 0 rings (SSSR count). The van der Waals surface area contributed by atoms with Crippen LogP contribution in [-0.4, -0.2) is 16.8 Å². The summed E-state index contributed by atoms with van der Waals surface area (Å²) in [7, 11) is 0. The summed E-state index contributed by atoms with van der Waals surface area (Å²) in [4.78, 5) is 8.25. The van der Waals surface area contributed by atoms with E-state index in [1.165, 1.54) is 0 Å². The van der Waals surface area contributed by atoms with Crippen molar-refractivity contribution < 1.29 is 51.9 Å². The van der Waals surface area contributed by atoms with E-state index in [4.69, 9.17) is 20.4 Å². The van der Waals surface area contributed by atoms with Crippen LogP contribution in [0.15, 0.2) is 0 Å². The van der Waals surface area contributed by atoms with E-state index in [1.807, 2.05) is 6.92 Å². The van der Waals surface area contributed by atoms with Crippen molar-refractivity contribution >= 4 is 0 Å². The molecule has 0 unspecified atom stereocenters. The third-order valence-corrected chi connectivity index (χ3v) is 0.224. The van der Waals surface area contributed by atoms with Crippen molar-refractivity contribution in [3.05, 3.63) is 15.3 Å². The van der Waals surface area contributed by atoms with Gasteiger partial charge in [0.15, 0.2) is 0 Å². The monoisotopic (exact) mass is 262 g/mol. The predicted octanol–water partition coefficient (Wildman–Crippen LogP) is 0.150. The number of hydrogen-bond acceptors (Lipinski definition) is 4. The quantitative estimate of drug-likeness (QED) is 0.538. The molecule has 0 aromatic carbocycles. The first-order chi connectivity index (χ1) is 3.65. The molecule has 0 radical (unpaired) electrons. The molecule has 0 saturated carbocycles. The van der Waals surface area contributed by atoms with Crippen LogP contribution in [0.5, 0.6) is 0 Å². The molecule has 0 bridgehead atoms. The molecule has 0 fully saturated rings. The number of aliphatic hydroxyl groups excluding tert-OH is 1. The first-order valence-electron chi connectivity index (χ1n) is 2.07. The summed E-state index contributed by atoms with van der Waals surface area (Å²) in [5.74, 6) is 0. The topological polar surface area (TPSA) is 86.4 Å². The second-order valence-corrected chi connectivity index (χ2v) is 0.947. The maximum Gasteiger partial charge on any atom is 0.0689 e. The first-order valence-corrected chi connectivity index (χ1v) is 2.07. The van der Waals surface area contributed by atoms with E-state index in [1.54, 1.807) is 0 Å². The first kappa shape index (κ1) is 16.3. The van der Waals surface area contributed by atoms with Crippen LogP contribution < -0.4 is 0 Å². The van der Waals surface area contributed by atoms with Gasteiger partial charge in [-0.3, -0.25) is 0 Å². The average molecular weight is 262 g/mol.